The molecule has 4 aromatic carbocycles. The normalized spacial score (nSPS) is 10.2. The van der Waals surface area contributed by atoms with Crippen LogP contribution in [0.4, 0.5) is 0 Å². The fraction of sp³-hybridized carbons (Fsp3) is 0. The minimum atomic E-state index is 0.845. The zero-order valence-electron chi connectivity index (χ0n) is 24.2. The monoisotopic (exact) mass is 590 g/mol. The van der Waals surface area contributed by atoms with Crippen LogP contribution in [0.2, 0.25) is 0 Å². The maximum Gasteiger partial charge on any atom is 0.181 e. The number of nitrogens with zero attached hydrogens (tertiary/aromatic N) is 4. The smallest absolute Gasteiger partial charge is 0.181 e. The highest BCUT2D eigenvalue weighted by Gasteiger charge is 1.92. The van der Waals surface area contributed by atoms with Gasteiger partial charge in [0.1, 0.15) is 5.52 Å². The molecule has 10 rings (SSSR count). The first kappa shape index (κ1) is 28.6. The van der Waals surface area contributed by atoms with Crippen molar-refractivity contribution in [1.29, 1.82) is 0 Å². The largest absolute Gasteiger partial charge is 0.443 e. The van der Waals surface area contributed by atoms with Crippen LogP contribution in [0.3, 0.4) is 0 Å². The molecule has 0 aliphatic rings. The second kappa shape index (κ2) is 14.6. The number of hydrogen-bond acceptors (Lipinski definition) is 5. The number of aromatic nitrogens is 8. The highest BCUT2D eigenvalue weighted by atomic mass is 16.3. The van der Waals surface area contributed by atoms with Gasteiger partial charge in [0.25, 0.3) is 0 Å². The molecule has 0 bridgehead atoms. The van der Waals surface area contributed by atoms with Crippen molar-refractivity contribution in [2.24, 2.45) is 0 Å². The van der Waals surface area contributed by atoms with Crippen molar-refractivity contribution in [2.75, 3.05) is 0 Å². The first-order valence-electron chi connectivity index (χ1n) is 14.3. The van der Waals surface area contributed by atoms with Crippen molar-refractivity contribution in [2.45, 2.75) is 0 Å². The second-order valence-electron chi connectivity index (χ2n) is 9.68. The van der Waals surface area contributed by atoms with Crippen LogP contribution >= 0.6 is 0 Å². The van der Waals surface area contributed by atoms with Crippen LogP contribution in [0.15, 0.2) is 163 Å². The van der Waals surface area contributed by atoms with Crippen molar-refractivity contribution in [1.82, 2.24) is 40.1 Å². The summed E-state index contributed by atoms with van der Waals surface area (Å²) in [6.07, 6.45) is 10.5. The quantitative estimate of drug-likeness (QED) is 0.140. The molecule has 0 amide bonds. The van der Waals surface area contributed by atoms with Crippen LogP contribution < -0.4 is 0 Å². The third-order valence-corrected chi connectivity index (χ3v) is 6.70. The predicted molar refractivity (Wildman–Crippen MR) is 181 cm³/mol. The molecule has 45 heavy (non-hydrogen) atoms. The van der Waals surface area contributed by atoms with Crippen LogP contribution in [-0.4, -0.2) is 40.1 Å². The van der Waals surface area contributed by atoms with Crippen molar-refractivity contribution >= 4 is 55.0 Å². The Hall–Kier alpha value is -6.48. The molecule has 6 heterocycles. The fourth-order valence-electron chi connectivity index (χ4n) is 4.45. The van der Waals surface area contributed by atoms with Crippen molar-refractivity contribution in [3.05, 3.63) is 159 Å². The minimum absolute atomic E-state index is 0.845. The van der Waals surface area contributed by atoms with E-state index in [-0.39, 0.29) is 0 Å². The SMILES string of the molecule is c1ccc2[nH]ccc2c1.c1ccc2[nH]ccc2c1.c1ccc2[nH]cnc2c1.c1ccc2ocnc2c1.c1cnc2[nH]ncc2c1. The maximum atomic E-state index is 5.01. The first-order valence-corrected chi connectivity index (χ1v) is 14.3. The number of imidazole rings is 1. The summed E-state index contributed by atoms with van der Waals surface area (Å²) in [5.74, 6) is 0. The van der Waals surface area contributed by atoms with Gasteiger partial charge in [0, 0.05) is 35.0 Å². The minimum Gasteiger partial charge on any atom is -0.443 e. The summed E-state index contributed by atoms with van der Waals surface area (Å²) in [6.45, 7) is 0. The molecule has 10 aromatic rings. The summed E-state index contributed by atoms with van der Waals surface area (Å²) in [7, 11) is 0. The Labute approximate surface area is 258 Å². The second-order valence-corrected chi connectivity index (χ2v) is 9.68. The summed E-state index contributed by atoms with van der Waals surface area (Å²) < 4.78 is 5.01. The van der Waals surface area contributed by atoms with Crippen LogP contribution in [0.1, 0.15) is 0 Å². The van der Waals surface area contributed by atoms with Crippen molar-refractivity contribution in [3.8, 4) is 0 Å². The Morgan fingerprint density at radius 2 is 1.11 bits per heavy atom. The number of oxazole rings is 1. The van der Waals surface area contributed by atoms with Gasteiger partial charge < -0.3 is 19.4 Å². The van der Waals surface area contributed by atoms with Crippen LogP contribution in [0.25, 0.3) is 55.0 Å². The number of nitrogens with one attached hydrogen (secondary N) is 4. The molecule has 0 radical (unpaired) electrons. The molecular weight excluding hydrogens is 560 g/mol. The molecule has 0 saturated heterocycles. The van der Waals surface area contributed by atoms with E-state index < -0.39 is 0 Å². The van der Waals surface area contributed by atoms with E-state index in [0.717, 1.165) is 33.2 Å². The molecule has 0 atom stereocenters. The van der Waals surface area contributed by atoms with Gasteiger partial charge in [-0.3, -0.25) is 5.10 Å². The van der Waals surface area contributed by atoms with E-state index in [9.17, 15) is 0 Å². The molecule has 0 aliphatic heterocycles. The Bertz CT molecular complexity index is 1790. The van der Waals surface area contributed by atoms with Crippen molar-refractivity contribution < 1.29 is 4.42 Å². The van der Waals surface area contributed by atoms with Gasteiger partial charge in [-0.05, 0) is 71.4 Å². The van der Waals surface area contributed by atoms with Crippen LogP contribution in [0, 0.1) is 0 Å². The van der Waals surface area contributed by atoms with E-state index in [2.05, 4.69) is 76.5 Å². The summed E-state index contributed by atoms with van der Waals surface area (Å²) in [5.41, 5.74) is 7.14. The summed E-state index contributed by atoms with van der Waals surface area (Å²) in [4.78, 5) is 21.3. The number of aromatic amines is 4. The van der Waals surface area contributed by atoms with Gasteiger partial charge in [-0.15, -0.1) is 0 Å². The van der Waals surface area contributed by atoms with Gasteiger partial charge in [-0.25, -0.2) is 15.0 Å². The van der Waals surface area contributed by atoms with E-state index in [1.165, 1.54) is 28.2 Å². The molecule has 0 unspecified atom stereocenters. The fourth-order valence-corrected chi connectivity index (χ4v) is 4.45. The molecule has 0 fully saturated rings. The number of pyridine rings is 1. The average Bonchev–Trinajstić information content (AvgIpc) is 3.95. The number of para-hydroxylation sites is 6. The van der Waals surface area contributed by atoms with E-state index in [4.69, 9.17) is 4.42 Å². The number of benzene rings is 4. The Morgan fingerprint density at radius 1 is 0.489 bits per heavy atom. The summed E-state index contributed by atoms with van der Waals surface area (Å²) in [6, 6.07) is 40.0. The lowest BCUT2D eigenvalue weighted by Crippen LogP contribution is -1.71. The molecule has 9 nitrogen and oxygen atoms in total. The molecule has 220 valence electrons. The Balaban J connectivity index is 0.0000000992. The van der Waals surface area contributed by atoms with E-state index in [1.54, 1.807) is 18.7 Å². The molecule has 0 spiro atoms. The zero-order valence-corrected chi connectivity index (χ0v) is 24.2. The molecule has 4 N–H and O–H groups in total. The topological polar surface area (TPSA) is 128 Å². The zero-order chi connectivity index (χ0) is 30.5. The number of hydrogen-bond donors (Lipinski definition) is 4. The van der Waals surface area contributed by atoms with Gasteiger partial charge in [0.2, 0.25) is 0 Å². The number of rotatable bonds is 0. The third kappa shape index (κ3) is 7.68. The van der Waals surface area contributed by atoms with E-state index in [0.29, 0.717) is 0 Å². The van der Waals surface area contributed by atoms with Gasteiger partial charge in [-0.2, -0.15) is 5.10 Å². The lowest BCUT2D eigenvalue weighted by atomic mass is 10.3. The predicted octanol–water partition coefficient (Wildman–Crippen LogP) is 8.68. The first-order chi connectivity index (χ1) is 22.3. The standard InChI is InChI=1S/2C8H7N.C7H6N2.C7H5NO.C6H5N3/c2*1-2-4-8-7(3-1)5-6-9-8;2*1-2-4-7-6(3-1)8-5-9-7;1-2-5-4-8-9-6(5)7-3-1/h2*1-6,9H;1-5H,(H,8,9);1-5H;1-4H,(H,7,8,9). The number of H-pyrrole nitrogens is 4. The average molecular weight is 591 g/mol. The lowest BCUT2D eigenvalue weighted by Gasteiger charge is -1.83. The molecule has 6 aromatic heterocycles. The molecule has 9 heteroatoms. The third-order valence-electron chi connectivity index (χ3n) is 6.70. The Kier molecular flexibility index (Phi) is 9.30. The van der Waals surface area contributed by atoms with Gasteiger partial charge in [-0.1, -0.05) is 60.7 Å². The highest BCUT2D eigenvalue weighted by molar-refractivity contribution is 5.79. The van der Waals surface area contributed by atoms with Gasteiger partial charge >= 0.3 is 0 Å². The molecule has 0 saturated carbocycles. The maximum absolute atomic E-state index is 5.01. The number of fused-ring (bicyclic) bond motifs is 5. The molecule has 0 aliphatic carbocycles. The summed E-state index contributed by atoms with van der Waals surface area (Å²) in [5, 5.41) is 10.2. The van der Waals surface area contributed by atoms with Gasteiger partial charge in [0.05, 0.1) is 23.6 Å². The van der Waals surface area contributed by atoms with Crippen LogP contribution in [-0.2, 0) is 0 Å². The van der Waals surface area contributed by atoms with E-state index >= 15 is 0 Å². The van der Waals surface area contributed by atoms with E-state index in [1.807, 2.05) is 97.3 Å². The van der Waals surface area contributed by atoms with Gasteiger partial charge in [0.15, 0.2) is 17.6 Å². The summed E-state index contributed by atoms with van der Waals surface area (Å²) >= 11 is 0. The lowest BCUT2D eigenvalue weighted by molar-refractivity contribution is 0.602. The molecular formula is C36H30N8O. The Morgan fingerprint density at radius 3 is 1.78 bits per heavy atom. The highest BCUT2D eigenvalue weighted by Crippen LogP contribution is 2.11. The van der Waals surface area contributed by atoms with Crippen molar-refractivity contribution in [3.63, 3.8) is 0 Å². The van der Waals surface area contributed by atoms with Crippen LogP contribution in [0.5, 0.6) is 0 Å².